The van der Waals surface area contributed by atoms with Crippen molar-refractivity contribution in [2.45, 2.75) is 37.3 Å². The molecule has 8 heteroatoms. The van der Waals surface area contributed by atoms with E-state index in [4.69, 9.17) is 5.73 Å². The summed E-state index contributed by atoms with van der Waals surface area (Å²) in [6.07, 6.45) is 4.07. The van der Waals surface area contributed by atoms with Gasteiger partial charge in [0.25, 0.3) is 0 Å². The molecule has 0 aliphatic carbocycles. The Labute approximate surface area is 125 Å². The predicted molar refractivity (Wildman–Crippen MR) is 80.9 cm³/mol. The zero-order chi connectivity index (χ0) is 14.1. The van der Waals surface area contributed by atoms with E-state index in [2.05, 4.69) is 39.8 Å². The Morgan fingerprint density at radius 3 is 2.95 bits per heavy atom. The molecule has 0 aromatic carbocycles. The monoisotopic (exact) mass is 308 g/mol. The lowest BCUT2D eigenvalue weighted by atomic mass is 10.4. The van der Waals surface area contributed by atoms with Gasteiger partial charge in [-0.2, -0.15) is 0 Å². The summed E-state index contributed by atoms with van der Waals surface area (Å²) in [6, 6.07) is 0.302. The van der Waals surface area contributed by atoms with Crippen molar-refractivity contribution in [2.24, 2.45) is 5.73 Å². The second kappa shape index (κ2) is 5.55. The fourth-order valence-corrected chi connectivity index (χ4v) is 3.74. The van der Waals surface area contributed by atoms with Crippen LogP contribution >= 0.6 is 23.1 Å². The summed E-state index contributed by atoms with van der Waals surface area (Å²) >= 11 is 3.28. The highest BCUT2D eigenvalue weighted by Crippen LogP contribution is 2.25. The van der Waals surface area contributed by atoms with Gasteiger partial charge in [-0.15, -0.1) is 21.5 Å². The lowest BCUT2D eigenvalue weighted by Gasteiger charge is -2.12. The lowest BCUT2D eigenvalue weighted by molar-refractivity contribution is 0.526. The van der Waals surface area contributed by atoms with Crippen LogP contribution in [0.3, 0.4) is 0 Å². The molecule has 0 saturated heterocycles. The van der Waals surface area contributed by atoms with Crippen LogP contribution in [-0.4, -0.2) is 24.1 Å². The van der Waals surface area contributed by atoms with Crippen molar-refractivity contribution in [3.05, 3.63) is 29.3 Å². The van der Waals surface area contributed by atoms with Gasteiger partial charge in [0.05, 0.1) is 12.2 Å². The number of nitrogens with two attached hydrogens (primary N) is 1. The maximum absolute atomic E-state index is 5.70. The molecule has 0 fully saturated rings. The Morgan fingerprint density at radius 2 is 2.25 bits per heavy atom. The van der Waals surface area contributed by atoms with Gasteiger partial charge in [0.2, 0.25) is 0 Å². The summed E-state index contributed by atoms with van der Waals surface area (Å²) < 4.78 is 4.13. The molecular formula is C12H16N6S2. The Balaban J connectivity index is 1.78. The third-order valence-electron chi connectivity index (χ3n) is 2.93. The second-order valence-corrected chi connectivity index (χ2v) is 6.50. The third kappa shape index (κ3) is 2.46. The first kappa shape index (κ1) is 13.6. The van der Waals surface area contributed by atoms with E-state index < -0.39 is 0 Å². The smallest absolute Gasteiger partial charge is 0.193 e. The summed E-state index contributed by atoms with van der Waals surface area (Å²) in [4.78, 5) is 5.59. The molecule has 0 aliphatic rings. The predicted octanol–water partition coefficient (Wildman–Crippen LogP) is 2.32. The molecule has 3 rings (SSSR count). The van der Waals surface area contributed by atoms with Crippen molar-refractivity contribution in [2.75, 3.05) is 0 Å². The number of nitrogens with zero attached hydrogens (tertiary/aromatic N) is 5. The molecule has 0 bridgehead atoms. The number of hydrogen-bond acceptors (Lipinski definition) is 6. The minimum absolute atomic E-state index is 0.302. The van der Waals surface area contributed by atoms with Crippen molar-refractivity contribution in [3.63, 3.8) is 0 Å². The highest BCUT2D eigenvalue weighted by molar-refractivity contribution is 7.98. The first-order valence-corrected chi connectivity index (χ1v) is 8.23. The number of imidazole rings is 1. The fraction of sp³-hybridized carbons (Fsp3) is 0.417. The van der Waals surface area contributed by atoms with Crippen LogP contribution in [-0.2, 0) is 12.3 Å². The van der Waals surface area contributed by atoms with Crippen LogP contribution in [0.4, 0.5) is 0 Å². The van der Waals surface area contributed by atoms with Crippen LogP contribution in [0, 0.1) is 0 Å². The van der Waals surface area contributed by atoms with Gasteiger partial charge in [-0.3, -0.25) is 4.40 Å². The third-order valence-corrected chi connectivity index (χ3v) is 4.67. The minimum Gasteiger partial charge on any atom is -0.324 e. The van der Waals surface area contributed by atoms with Crippen molar-refractivity contribution < 1.29 is 0 Å². The Hall–Kier alpha value is -1.38. The fourth-order valence-electron chi connectivity index (χ4n) is 2.05. The van der Waals surface area contributed by atoms with Crippen LogP contribution in [0.25, 0.3) is 4.96 Å². The first-order valence-electron chi connectivity index (χ1n) is 6.36. The van der Waals surface area contributed by atoms with E-state index in [9.17, 15) is 0 Å². The molecule has 2 N–H and O–H groups in total. The van der Waals surface area contributed by atoms with Crippen molar-refractivity contribution in [3.8, 4) is 0 Å². The lowest BCUT2D eigenvalue weighted by Crippen LogP contribution is -2.11. The number of rotatable bonds is 5. The molecule has 3 aromatic rings. The number of aromatic nitrogens is 5. The molecule has 3 aromatic heterocycles. The van der Waals surface area contributed by atoms with Gasteiger partial charge in [-0.25, -0.2) is 4.98 Å². The molecule has 0 atom stereocenters. The highest BCUT2D eigenvalue weighted by Gasteiger charge is 2.14. The molecule has 0 unspecified atom stereocenters. The average Bonchev–Trinajstić information content (AvgIpc) is 3.09. The van der Waals surface area contributed by atoms with Crippen molar-refractivity contribution in [1.29, 1.82) is 0 Å². The molecule has 0 saturated carbocycles. The van der Waals surface area contributed by atoms with Gasteiger partial charge in [-0.05, 0) is 13.8 Å². The molecule has 106 valence electrons. The largest absolute Gasteiger partial charge is 0.324 e. The molecule has 0 amide bonds. The van der Waals surface area contributed by atoms with E-state index in [1.807, 2.05) is 16.0 Å². The SMILES string of the molecule is CC(C)n1c(CN)nnc1SCc1cn2ccsc2n1. The summed E-state index contributed by atoms with van der Waals surface area (Å²) in [5, 5.41) is 11.3. The molecule has 0 spiro atoms. The quantitative estimate of drug-likeness (QED) is 0.732. The zero-order valence-corrected chi connectivity index (χ0v) is 13.0. The molecule has 3 heterocycles. The van der Waals surface area contributed by atoms with Crippen LogP contribution in [0.1, 0.15) is 31.4 Å². The van der Waals surface area contributed by atoms with E-state index >= 15 is 0 Å². The second-order valence-electron chi connectivity index (χ2n) is 4.68. The van der Waals surface area contributed by atoms with Gasteiger partial charge < -0.3 is 10.3 Å². The molecular weight excluding hydrogens is 292 g/mol. The van der Waals surface area contributed by atoms with E-state index in [1.165, 1.54) is 0 Å². The minimum atomic E-state index is 0.302. The van der Waals surface area contributed by atoms with Gasteiger partial charge >= 0.3 is 0 Å². The number of thiazole rings is 1. The standard InChI is InChI=1S/C12H16N6S2/c1-8(2)18-10(5-13)15-16-12(18)20-7-9-6-17-3-4-19-11(17)14-9/h3-4,6,8H,5,7,13H2,1-2H3. The van der Waals surface area contributed by atoms with E-state index in [1.54, 1.807) is 23.1 Å². The van der Waals surface area contributed by atoms with Gasteiger partial charge in [0, 0.05) is 29.6 Å². The highest BCUT2D eigenvalue weighted by atomic mass is 32.2. The number of fused-ring (bicyclic) bond motifs is 1. The summed E-state index contributed by atoms with van der Waals surface area (Å²) in [5.41, 5.74) is 6.75. The van der Waals surface area contributed by atoms with Crippen molar-refractivity contribution >= 4 is 28.1 Å². The Morgan fingerprint density at radius 1 is 1.40 bits per heavy atom. The summed E-state index contributed by atoms with van der Waals surface area (Å²) in [5.74, 6) is 1.61. The molecule has 0 aliphatic heterocycles. The van der Waals surface area contributed by atoms with E-state index in [0.717, 1.165) is 27.4 Å². The van der Waals surface area contributed by atoms with Crippen LogP contribution in [0.15, 0.2) is 22.9 Å². The average molecular weight is 308 g/mol. The van der Waals surface area contributed by atoms with E-state index in [0.29, 0.717) is 12.6 Å². The summed E-state index contributed by atoms with van der Waals surface area (Å²) in [6.45, 7) is 4.63. The Bertz CT molecular complexity index is 682. The normalized spacial score (nSPS) is 11.8. The molecule has 0 radical (unpaired) electrons. The molecule has 20 heavy (non-hydrogen) atoms. The van der Waals surface area contributed by atoms with Gasteiger partial charge in [0.15, 0.2) is 10.1 Å². The van der Waals surface area contributed by atoms with Gasteiger partial charge in [-0.1, -0.05) is 11.8 Å². The maximum atomic E-state index is 5.70. The van der Waals surface area contributed by atoms with Crippen LogP contribution < -0.4 is 5.73 Å². The van der Waals surface area contributed by atoms with Crippen LogP contribution in [0.2, 0.25) is 0 Å². The zero-order valence-electron chi connectivity index (χ0n) is 11.4. The number of thioether (sulfide) groups is 1. The van der Waals surface area contributed by atoms with Crippen LogP contribution in [0.5, 0.6) is 0 Å². The number of hydrogen-bond donors (Lipinski definition) is 1. The molecule has 6 nitrogen and oxygen atoms in total. The van der Waals surface area contributed by atoms with Crippen molar-refractivity contribution in [1.82, 2.24) is 24.1 Å². The van der Waals surface area contributed by atoms with Gasteiger partial charge in [0.1, 0.15) is 5.82 Å². The van der Waals surface area contributed by atoms with E-state index in [-0.39, 0.29) is 0 Å². The Kier molecular flexibility index (Phi) is 3.77. The topological polar surface area (TPSA) is 74.0 Å². The first-order chi connectivity index (χ1) is 9.69. The maximum Gasteiger partial charge on any atom is 0.193 e. The summed E-state index contributed by atoms with van der Waals surface area (Å²) in [7, 11) is 0.